The molecule has 0 bridgehead atoms. The third-order valence-corrected chi connectivity index (χ3v) is 6.44. The van der Waals surface area contributed by atoms with Crippen molar-refractivity contribution in [3.8, 4) is 0 Å². The van der Waals surface area contributed by atoms with Gasteiger partial charge in [-0.2, -0.15) is 74.6 Å². The maximum Gasteiger partial charge on any atom is 0.601 e. The van der Waals surface area contributed by atoms with E-state index in [0.29, 0.717) is 0 Å². The molecule has 0 saturated heterocycles. The molecule has 0 unspecified atom stereocenters. The van der Waals surface area contributed by atoms with Gasteiger partial charge in [0, 0.05) is 0 Å². The van der Waals surface area contributed by atoms with Crippen LogP contribution in [0.15, 0.2) is 0 Å². The molecule has 41 heavy (non-hydrogen) atoms. The third-order valence-electron chi connectivity index (χ3n) is 3.86. The maximum absolute atomic E-state index is 14.1. The summed E-state index contributed by atoms with van der Waals surface area (Å²) in [5.74, 6) is -55.9. The Balaban J connectivity index is 7.68. The predicted molar refractivity (Wildman–Crippen MR) is 67.9 cm³/mol. The molecular weight excluding hydrogens is 702 g/mol. The summed E-state index contributed by atoms with van der Waals surface area (Å²) in [6, 6.07) is 0. The number of halogens is 26. The Morgan fingerprint density at radius 1 is 0.268 bits per heavy atom. The minimum absolute atomic E-state index is 1.33. The van der Waals surface area contributed by atoms with Crippen LogP contribution in [0.4, 0.5) is 114 Å². The van der Waals surface area contributed by atoms with E-state index < -0.39 is 75.1 Å². The van der Waals surface area contributed by atoms with E-state index in [9.17, 15) is 114 Å². The van der Waals surface area contributed by atoms with Crippen molar-refractivity contribution in [1.82, 2.24) is 0 Å². The van der Waals surface area contributed by atoms with Crippen LogP contribution in [0.2, 0.25) is 0 Å². The van der Waals surface area contributed by atoms with Crippen LogP contribution >= 0.6 is 0 Å². The van der Waals surface area contributed by atoms with Crippen LogP contribution in [-0.4, -0.2) is 75.1 Å². The molecule has 0 aromatic heterocycles. The van der Waals surface area contributed by atoms with E-state index in [0.717, 1.165) is 0 Å². The highest BCUT2D eigenvalue weighted by molar-refractivity contribution is 6.64. The highest BCUT2D eigenvalue weighted by Crippen LogP contribution is 2.65. The highest BCUT2D eigenvalue weighted by Gasteiger charge is 2.98. The second kappa shape index (κ2) is 9.91. The fourth-order valence-corrected chi connectivity index (χ4v) is 4.03. The Morgan fingerprint density at radius 2 is 0.463 bits per heavy atom. The number of alkyl halides is 26. The summed E-state index contributed by atoms with van der Waals surface area (Å²) in [4.78, 5) is 0. The number of rotatable bonds is 10. The molecule has 0 radical (unpaired) electrons. The molecule has 30 heteroatoms. The molecule has 0 amide bonds. The molecule has 0 atom stereocenters. The molecule has 0 fully saturated rings. The molecule has 0 aliphatic carbocycles. The molecule has 0 N–H and O–H groups in total. The van der Waals surface area contributed by atoms with Gasteiger partial charge in [-0.05, 0) is 0 Å². The topological polar surface area (TPSA) is 27.7 Å². The molecule has 0 aliphatic rings. The fraction of sp³-hybridized carbons (Fsp3) is 1.00. The molecule has 0 heterocycles. The predicted octanol–water partition coefficient (Wildman–Crippen LogP) is 8.08. The van der Waals surface area contributed by atoms with Gasteiger partial charge < -0.3 is 0 Å². The lowest BCUT2D eigenvalue weighted by Gasteiger charge is -2.45. The van der Waals surface area contributed by atoms with Crippen molar-refractivity contribution < 1.29 is 127 Å². The zero-order valence-electron chi connectivity index (χ0n) is 17.1. The average molecular weight is 702 g/mol. The van der Waals surface area contributed by atoms with Crippen molar-refractivity contribution in [2.75, 3.05) is 0 Å². The summed E-state index contributed by atoms with van der Waals surface area (Å²) in [6.07, 6.45) is -31.2. The second-order valence-corrected chi connectivity index (χ2v) is 9.07. The first-order valence-corrected chi connectivity index (χ1v) is 9.86. The first-order valence-electron chi connectivity index (χ1n) is 8.14. The fourth-order valence-electron chi connectivity index (χ4n) is 2.07. The highest BCUT2D eigenvalue weighted by atomic mass is 28.4. The molecule has 3 nitrogen and oxygen atoms in total. The van der Waals surface area contributed by atoms with Gasteiger partial charge in [-0.1, -0.05) is 0 Å². The van der Waals surface area contributed by atoms with Crippen molar-refractivity contribution in [3.05, 3.63) is 0 Å². The van der Waals surface area contributed by atoms with Gasteiger partial charge in [-0.15, -0.1) is 39.5 Å². The zero-order chi connectivity index (χ0) is 34.1. The van der Waals surface area contributed by atoms with Gasteiger partial charge in [0.05, 0.1) is 0 Å². The lowest BCUT2D eigenvalue weighted by Crippen LogP contribution is -2.79. The Labute approximate surface area is 204 Å². The van der Waals surface area contributed by atoms with E-state index in [1.807, 2.05) is 0 Å². The molecule has 0 saturated carbocycles. The van der Waals surface area contributed by atoms with Crippen LogP contribution in [0.25, 0.3) is 0 Å². The van der Waals surface area contributed by atoms with Crippen LogP contribution in [0.1, 0.15) is 0 Å². The zero-order valence-corrected chi connectivity index (χ0v) is 18.1. The van der Waals surface area contributed by atoms with Crippen LogP contribution in [-0.2, 0) is 13.3 Å². The lowest BCUT2D eigenvalue weighted by atomic mass is 9.91. The Hall–Kier alpha value is -1.72. The van der Waals surface area contributed by atoms with Crippen LogP contribution in [0.3, 0.4) is 0 Å². The first kappa shape index (κ1) is 39.3. The van der Waals surface area contributed by atoms with Crippen molar-refractivity contribution >= 4 is 8.80 Å². The summed E-state index contributed by atoms with van der Waals surface area (Å²) in [7, 11) is -10.5. The molecule has 0 spiro atoms. The van der Waals surface area contributed by atoms with Crippen molar-refractivity contribution in [1.29, 1.82) is 0 Å². The molecule has 0 aromatic carbocycles. The smallest absolute Gasteiger partial charge is 0.280 e. The summed E-state index contributed by atoms with van der Waals surface area (Å²) in [5.41, 5.74) is -9.16. The third kappa shape index (κ3) is 6.46. The van der Waals surface area contributed by atoms with Crippen LogP contribution < -0.4 is 0 Å². The second-order valence-electron chi connectivity index (χ2n) is 6.72. The number of hydrogen-bond donors (Lipinski definition) is 0. The van der Waals surface area contributed by atoms with Gasteiger partial charge in [0.15, 0.2) is 0 Å². The van der Waals surface area contributed by atoms with E-state index in [1.165, 1.54) is 13.3 Å². The molecule has 0 aliphatic heterocycles. The summed E-state index contributed by atoms with van der Waals surface area (Å²) in [6.45, 7) is 0. The van der Waals surface area contributed by atoms with Gasteiger partial charge in [0.25, 0.3) is 0 Å². The molecular formula is C11F26O3Si. The largest absolute Gasteiger partial charge is 0.601 e. The normalized spacial score (nSPS) is 16.8. The molecule has 248 valence electrons. The summed E-state index contributed by atoms with van der Waals surface area (Å²) < 4.78 is 340. The van der Waals surface area contributed by atoms with Crippen LogP contribution in [0, 0.1) is 0 Å². The van der Waals surface area contributed by atoms with E-state index in [2.05, 4.69) is 0 Å². The minimum atomic E-state index is -10.5. The first-order chi connectivity index (χ1) is 17.1. The lowest BCUT2D eigenvalue weighted by molar-refractivity contribution is -0.462. The Morgan fingerprint density at radius 3 is 0.659 bits per heavy atom. The quantitative estimate of drug-likeness (QED) is 0.170. The van der Waals surface area contributed by atoms with E-state index in [4.69, 9.17) is 0 Å². The maximum atomic E-state index is 14.1. The van der Waals surface area contributed by atoms with Crippen molar-refractivity contribution in [3.63, 3.8) is 0 Å². The molecule has 0 aromatic rings. The van der Waals surface area contributed by atoms with Gasteiger partial charge in [0.2, 0.25) is 0 Å². The van der Waals surface area contributed by atoms with E-state index in [1.54, 1.807) is 0 Å². The van der Waals surface area contributed by atoms with E-state index in [-0.39, 0.29) is 0 Å². The Bertz CT molecular complexity index is 880. The summed E-state index contributed by atoms with van der Waals surface area (Å²) >= 11 is 0. The standard InChI is InChI=1S/C11F26O3Si/c12-1(13,3(16,17)5(20,21)7(24,25)26)2(14,15)4(18,19)6(22,23)8(27,28)41(38-9(29,30)31,39-10(32,33)34)40-11(35,36)37. The van der Waals surface area contributed by atoms with Crippen LogP contribution in [0.5, 0.6) is 0 Å². The van der Waals surface area contributed by atoms with Gasteiger partial charge >= 0.3 is 75.1 Å². The van der Waals surface area contributed by atoms with Crippen molar-refractivity contribution in [2.24, 2.45) is 0 Å². The Kier molecular flexibility index (Phi) is 9.49. The SMILES string of the molecule is FC(F)(F)O[Si](OC(F)(F)F)(OC(F)(F)F)C(F)(F)C(F)(F)C(F)(F)C(F)(F)C(F)(F)C(F)(F)C(F)(F)C(F)(F)F. The van der Waals surface area contributed by atoms with E-state index >= 15 is 0 Å². The van der Waals surface area contributed by atoms with Crippen molar-refractivity contribution in [2.45, 2.75) is 66.3 Å². The monoisotopic (exact) mass is 702 g/mol. The summed E-state index contributed by atoms with van der Waals surface area (Å²) in [5, 5.41) is 0. The minimum Gasteiger partial charge on any atom is -0.280 e. The van der Waals surface area contributed by atoms with Gasteiger partial charge in [0.1, 0.15) is 0 Å². The van der Waals surface area contributed by atoms with Gasteiger partial charge in [-0.25, -0.2) is 0 Å². The number of hydrogen-bond acceptors (Lipinski definition) is 3. The van der Waals surface area contributed by atoms with Gasteiger partial charge in [-0.3, -0.25) is 13.3 Å². The molecule has 0 rings (SSSR count). The average Bonchev–Trinajstić information content (AvgIpc) is 2.61.